The van der Waals surface area contributed by atoms with Crippen LogP contribution in [0.3, 0.4) is 0 Å². The molecule has 1 atom stereocenters. The standard InChI is InChI=1S/C15H25N3O/c1-11(2)14-7-13(9-16-4)8-15(17-14)18-5-6-19-10-12(18)3/h7-8,11-12,16H,5-6,9-10H2,1-4H3. The van der Waals surface area contributed by atoms with Crippen molar-refractivity contribution < 1.29 is 4.74 Å². The molecule has 1 aromatic heterocycles. The van der Waals surface area contributed by atoms with Crippen molar-refractivity contribution in [1.29, 1.82) is 0 Å². The van der Waals surface area contributed by atoms with E-state index in [0.717, 1.165) is 32.1 Å². The van der Waals surface area contributed by atoms with E-state index in [1.54, 1.807) is 0 Å². The van der Waals surface area contributed by atoms with Gasteiger partial charge in [-0.3, -0.25) is 0 Å². The Bertz CT molecular complexity index is 420. The molecular formula is C15H25N3O. The summed E-state index contributed by atoms with van der Waals surface area (Å²) in [6, 6.07) is 4.80. The number of ether oxygens (including phenoxy) is 1. The van der Waals surface area contributed by atoms with Gasteiger partial charge in [0.15, 0.2) is 0 Å². The van der Waals surface area contributed by atoms with E-state index >= 15 is 0 Å². The predicted octanol–water partition coefficient (Wildman–Crippen LogP) is 2.15. The molecule has 0 aliphatic carbocycles. The van der Waals surface area contributed by atoms with E-state index in [-0.39, 0.29) is 0 Å². The number of nitrogens with one attached hydrogen (secondary N) is 1. The van der Waals surface area contributed by atoms with Gasteiger partial charge < -0.3 is 15.0 Å². The van der Waals surface area contributed by atoms with Crippen LogP contribution in [-0.4, -0.2) is 37.8 Å². The minimum Gasteiger partial charge on any atom is -0.377 e. The van der Waals surface area contributed by atoms with Gasteiger partial charge in [0.25, 0.3) is 0 Å². The normalized spacial score (nSPS) is 20.1. The molecule has 0 aromatic carbocycles. The third kappa shape index (κ3) is 3.45. The van der Waals surface area contributed by atoms with Gasteiger partial charge in [-0.1, -0.05) is 13.8 Å². The zero-order valence-electron chi connectivity index (χ0n) is 12.4. The molecule has 1 saturated heterocycles. The van der Waals surface area contributed by atoms with Crippen LogP contribution in [0.15, 0.2) is 12.1 Å². The summed E-state index contributed by atoms with van der Waals surface area (Å²) >= 11 is 0. The summed E-state index contributed by atoms with van der Waals surface area (Å²) in [6.45, 7) is 9.97. The Hall–Kier alpha value is -1.13. The summed E-state index contributed by atoms with van der Waals surface area (Å²) < 4.78 is 5.51. The van der Waals surface area contributed by atoms with Crippen LogP contribution in [0.5, 0.6) is 0 Å². The molecule has 4 heteroatoms. The Morgan fingerprint density at radius 1 is 1.47 bits per heavy atom. The molecule has 106 valence electrons. The fraction of sp³-hybridized carbons (Fsp3) is 0.667. The van der Waals surface area contributed by atoms with E-state index in [4.69, 9.17) is 9.72 Å². The molecule has 2 rings (SSSR count). The van der Waals surface area contributed by atoms with E-state index in [0.29, 0.717) is 12.0 Å². The number of nitrogens with zero attached hydrogens (tertiary/aromatic N) is 2. The molecule has 1 fully saturated rings. The Morgan fingerprint density at radius 2 is 2.26 bits per heavy atom. The van der Waals surface area contributed by atoms with E-state index in [9.17, 15) is 0 Å². The maximum absolute atomic E-state index is 5.51. The third-order valence-corrected chi connectivity index (χ3v) is 3.53. The van der Waals surface area contributed by atoms with Crippen LogP contribution >= 0.6 is 0 Å². The molecule has 1 aliphatic heterocycles. The van der Waals surface area contributed by atoms with Crippen molar-refractivity contribution in [3.05, 3.63) is 23.4 Å². The van der Waals surface area contributed by atoms with Crippen molar-refractivity contribution in [2.24, 2.45) is 0 Å². The SMILES string of the molecule is CNCc1cc(C(C)C)nc(N2CCOCC2C)c1. The van der Waals surface area contributed by atoms with E-state index < -0.39 is 0 Å². The number of hydrogen-bond donors (Lipinski definition) is 1. The fourth-order valence-corrected chi connectivity index (χ4v) is 2.41. The second-order valence-corrected chi connectivity index (χ2v) is 5.56. The smallest absolute Gasteiger partial charge is 0.129 e. The van der Waals surface area contributed by atoms with Crippen LogP contribution in [0.2, 0.25) is 0 Å². The van der Waals surface area contributed by atoms with Gasteiger partial charge in [-0.15, -0.1) is 0 Å². The summed E-state index contributed by atoms with van der Waals surface area (Å²) in [6.07, 6.45) is 0. The molecule has 0 amide bonds. The van der Waals surface area contributed by atoms with Crippen molar-refractivity contribution in [3.8, 4) is 0 Å². The first-order valence-electron chi connectivity index (χ1n) is 7.11. The molecule has 2 heterocycles. The first kappa shape index (κ1) is 14.3. The van der Waals surface area contributed by atoms with Crippen LogP contribution in [0.25, 0.3) is 0 Å². The zero-order valence-corrected chi connectivity index (χ0v) is 12.4. The second kappa shape index (κ2) is 6.35. The van der Waals surface area contributed by atoms with Gasteiger partial charge in [0.2, 0.25) is 0 Å². The highest BCUT2D eigenvalue weighted by Crippen LogP contribution is 2.23. The van der Waals surface area contributed by atoms with Gasteiger partial charge in [-0.2, -0.15) is 0 Å². The molecule has 4 nitrogen and oxygen atoms in total. The van der Waals surface area contributed by atoms with Gasteiger partial charge in [0, 0.05) is 18.8 Å². The van der Waals surface area contributed by atoms with Crippen LogP contribution in [0, 0.1) is 0 Å². The molecule has 0 spiro atoms. The fourth-order valence-electron chi connectivity index (χ4n) is 2.41. The first-order valence-corrected chi connectivity index (χ1v) is 7.11. The number of pyridine rings is 1. The van der Waals surface area contributed by atoms with Gasteiger partial charge in [0.1, 0.15) is 5.82 Å². The predicted molar refractivity (Wildman–Crippen MR) is 78.7 cm³/mol. The molecule has 0 saturated carbocycles. The van der Waals surface area contributed by atoms with Gasteiger partial charge in [-0.25, -0.2) is 4.98 Å². The maximum atomic E-state index is 5.51. The van der Waals surface area contributed by atoms with Gasteiger partial charge in [-0.05, 0) is 37.6 Å². The van der Waals surface area contributed by atoms with Crippen LogP contribution in [0.4, 0.5) is 5.82 Å². The summed E-state index contributed by atoms with van der Waals surface area (Å²) in [7, 11) is 1.98. The Labute approximate surface area is 116 Å². The Kier molecular flexibility index (Phi) is 4.77. The molecule has 1 aliphatic rings. The lowest BCUT2D eigenvalue weighted by molar-refractivity contribution is 0.0985. The van der Waals surface area contributed by atoms with Crippen molar-refractivity contribution in [3.63, 3.8) is 0 Å². The number of anilines is 1. The van der Waals surface area contributed by atoms with Crippen LogP contribution < -0.4 is 10.2 Å². The van der Waals surface area contributed by atoms with Gasteiger partial charge in [0.05, 0.1) is 19.3 Å². The molecule has 0 radical (unpaired) electrons. The summed E-state index contributed by atoms with van der Waals surface area (Å²) in [5.41, 5.74) is 2.47. The van der Waals surface area contributed by atoms with Crippen LogP contribution in [-0.2, 0) is 11.3 Å². The summed E-state index contributed by atoms with van der Waals surface area (Å²) in [5, 5.41) is 3.22. The first-order chi connectivity index (χ1) is 9.11. The highest BCUT2D eigenvalue weighted by Gasteiger charge is 2.21. The van der Waals surface area contributed by atoms with Crippen molar-refractivity contribution in [2.75, 3.05) is 31.7 Å². The average Bonchev–Trinajstić information content (AvgIpc) is 2.39. The second-order valence-electron chi connectivity index (χ2n) is 5.56. The number of morpholine rings is 1. The lowest BCUT2D eigenvalue weighted by atomic mass is 10.1. The molecule has 1 aromatic rings. The van der Waals surface area contributed by atoms with E-state index in [1.165, 1.54) is 11.3 Å². The minimum atomic E-state index is 0.395. The number of hydrogen-bond acceptors (Lipinski definition) is 4. The Morgan fingerprint density at radius 3 is 2.89 bits per heavy atom. The van der Waals surface area contributed by atoms with Crippen LogP contribution in [0.1, 0.15) is 37.9 Å². The van der Waals surface area contributed by atoms with Gasteiger partial charge >= 0.3 is 0 Å². The molecular weight excluding hydrogens is 238 g/mol. The Balaban J connectivity index is 2.31. The molecule has 0 bridgehead atoms. The monoisotopic (exact) mass is 263 g/mol. The minimum absolute atomic E-state index is 0.395. The zero-order chi connectivity index (χ0) is 13.8. The number of aromatic nitrogens is 1. The van der Waals surface area contributed by atoms with E-state index in [2.05, 4.69) is 43.1 Å². The topological polar surface area (TPSA) is 37.4 Å². The maximum Gasteiger partial charge on any atom is 0.129 e. The van der Waals surface area contributed by atoms with Crippen molar-refractivity contribution in [2.45, 2.75) is 39.3 Å². The highest BCUT2D eigenvalue weighted by atomic mass is 16.5. The lowest BCUT2D eigenvalue weighted by Gasteiger charge is -2.34. The molecule has 1 unspecified atom stereocenters. The number of rotatable bonds is 4. The quantitative estimate of drug-likeness (QED) is 0.903. The largest absolute Gasteiger partial charge is 0.377 e. The third-order valence-electron chi connectivity index (χ3n) is 3.53. The average molecular weight is 263 g/mol. The highest BCUT2D eigenvalue weighted by molar-refractivity contribution is 5.44. The molecule has 19 heavy (non-hydrogen) atoms. The lowest BCUT2D eigenvalue weighted by Crippen LogP contribution is -2.44. The summed E-state index contributed by atoms with van der Waals surface area (Å²) in [4.78, 5) is 7.19. The van der Waals surface area contributed by atoms with Crippen molar-refractivity contribution in [1.82, 2.24) is 10.3 Å². The van der Waals surface area contributed by atoms with Crippen molar-refractivity contribution >= 4 is 5.82 Å². The summed E-state index contributed by atoms with van der Waals surface area (Å²) in [5.74, 6) is 1.54. The van der Waals surface area contributed by atoms with E-state index in [1.807, 2.05) is 7.05 Å². The molecule has 1 N–H and O–H groups in total.